The Morgan fingerprint density at radius 2 is 1.68 bits per heavy atom. The number of benzene rings is 2. The Labute approximate surface area is 163 Å². The van der Waals surface area contributed by atoms with Crippen LogP contribution in [0.3, 0.4) is 0 Å². The second kappa shape index (κ2) is 7.48. The Hall–Kier alpha value is -3.73. The number of rotatable bonds is 4. The minimum atomic E-state index is -0.179. The van der Waals surface area contributed by atoms with Crippen LogP contribution in [0.15, 0.2) is 83.7 Å². The van der Waals surface area contributed by atoms with Crippen LogP contribution in [0.2, 0.25) is 0 Å². The molecule has 5 nitrogen and oxygen atoms in total. The maximum Gasteiger partial charge on any atom is 0.282 e. The molecule has 0 aliphatic carbocycles. The average Bonchev–Trinajstić information content (AvgIpc) is 3.05. The number of hydrogen-bond acceptors (Lipinski definition) is 4. The molecule has 138 valence electrons. The molecule has 28 heavy (non-hydrogen) atoms. The van der Waals surface area contributed by atoms with Crippen molar-refractivity contribution < 1.29 is 9.53 Å². The number of para-hydroxylation sites is 1. The molecule has 2 heterocycles. The van der Waals surface area contributed by atoms with Crippen molar-refractivity contribution in [2.45, 2.75) is 6.92 Å². The molecule has 1 amide bonds. The van der Waals surface area contributed by atoms with Crippen LogP contribution in [0.25, 0.3) is 6.08 Å². The van der Waals surface area contributed by atoms with E-state index in [-0.39, 0.29) is 5.91 Å². The Balaban J connectivity index is 1.86. The summed E-state index contributed by atoms with van der Waals surface area (Å²) in [4.78, 5) is 23.6. The SMILES string of the molecule is COc1ccccc1C1=N/C(=C/c2ccncc2)C(=O)N1c1ccc(C)cc1. The van der Waals surface area contributed by atoms with Crippen LogP contribution in [0, 0.1) is 6.92 Å². The van der Waals surface area contributed by atoms with Gasteiger partial charge in [0.2, 0.25) is 0 Å². The maximum atomic E-state index is 13.3. The van der Waals surface area contributed by atoms with Crippen molar-refractivity contribution in [3.05, 3.63) is 95.4 Å². The maximum absolute atomic E-state index is 13.3. The standard InChI is InChI=1S/C23H19N3O2/c1-16-7-9-18(10-8-16)26-22(19-5-3-4-6-21(19)28-2)25-20(23(26)27)15-17-11-13-24-14-12-17/h3-15H,1-2H3/b20-15+. The van der Waals surface area contributed by atoms with Gasteiger partial charge in [-0.25, -0.2) is 4.99 Å². The van der Waals surface area contributed by atoms with Gasteiger partial charge in [-0.15, -0.1) is 0 Å². The lowest BCUT2D eigenvalue weighted by atomic mass is 10.1. The molecule has 0 saturated carbocycles. The largest absolute Gasteiger partial charge is 0.496 e. The van der Waals surface area contributed by atoms with Gasteiger partial charge in [0.15, 0.2) is 5.84 Å². The minimum Gasteiger partial charge on any atom is -0.496 e. The fourth-order valence-electron chi connectivity index (χ4n) is 3.08. The van der Waals surface area contributed by atoms with Crippen molar-refractivity contribution in [2.75, 3.05) is 12.0 Å². The lowest BCUT2D eigenvalue weighted by Crippen LogP contribution is -2.32. The van der Waals surface area contributed by atoms with E-state index in [0.717, 1.165) is 22.4 Å². The van der Waals surface area contributed by atoms with E-state index in [0.29, 0.717) is 17.3 Å². The fraction of sp³-hybridized carbons (Fsp3) is 0.0870. The number of carbonyl (C=O) groups is 1. The summed E-state index contributed by atoms with van der Waals surface area (Å²) in [6, 6.07) is 19.1. The first-order valence-corrected chi connectivity index (χ1v) is 8.92. The molecule has 5 heteroatoms. The van der Waals surface area contributed by atoms with Gasteiger partial charge in [0.05, 0.1) is 18.4 Å². The summed E-state index contributed by atoms with van der Waals surface area (Å²) in [7, 11) is 1.61. The lowest BCUT2D eigenvalue weighted by Gasteiger charge is -2.20. The number of amidine groups is 1. The van der Waals surface area contributed by atoms with Crippen LogP contribution in [0.4, 0.5) is 5.69 Å². The molecule has 4 rings (SSSR count). The summed E-state index contributed by atoms with van der Waals surface area (Å²) in [6.45, 7) is 2.01. The third-order valence-electron chi connectivity index (χ3n) is 4.51. The van der Waals surface area contributed by atoms with Crippen LogP contribution in [0.5, 0.6) is 5.75 Å². The van der Waals surface area contributed by atoms with E-state index in [1.807, 2.05) is 67.6 Å². The third-order valence-corrected chi connectivity index (χ3v) is 4.51. The van der Waals surface area contributed by atoms with Crippen LogP contribution in [-0.2, 0) is 4.79 Å². The number of pyridine rings is 1. The highest BCUT2D eigenvalue weighted by molar-refractivity contribution is 6.33. The number of hydrogen-bond donors (Lipinski definition) is 0. The highest BCUT2D eigenvalue weighted by Gasteiger charge is 2.33. The number of aliphatic imine (C=N–C) groups is 1. The molecule has 0 fully saturated rings. The van der Waals surface area contributed by atoms with E-state index in [1.165, 1.54) is 0 Å². The Morgan fingerprint density at radius 3 is 2.39 bits per heavy atom. The van der Waals surface area contributed by atoms with Crippen molar-refractivity contribution in [2.24, 2.45) is 4.99 Å². The Bertz CT molecular complexity index is 1070. The van der Waals surface area contributed by atoms with Gasteiger partial charge in [-0.05, 0) is 55.0 Å². The average molecular weight is 369 g/mol. The first kappa shape index (κ1) is 17.7. The van der Waals surface area contributed by atoms with Gasteiger partial charge in [0, 0.05) is 12.4 Å². The number of methoxy groups -OCH3 is 1. The van der Waals surface area contributed by atoms with Crippen molar-refractivity contribution in [3.63, 3.8) is 0 Å². The molecular formula is C23H19N3O2. The van der Waals surface area contributed by atoms with Gasteiger partial charge < -0.3 is 4.74 Å². The molecule has 0 N–H and O–H groups in total. The van der Waals surface area contributed by atoms with Crippen LogP contribution < -0.4 is 9.64 Å². The van der Waals surface area contributed by atoms with Gasteiger partial charge in [0.25, 0.3) is 5.91 Å². The zero-order chi connectivity index (χ0) is 19.5. The van der Waals surface area contributed by atoms with Gasteiger partial charge in [-0.2, -0.15) is 0 Å². The number of aromatic nitrogens is 1. The summed E-state index contributed by atoms with van der Waals surface area (Å²) >= 11 is 0. The smallest absolute Gasteiger partial charge is 0.282 e. The van der Waals surface area contributed by atoms with Gasteiger partial charge in [0.1, 0.15) is 11.4 Å². The van der Waals surface area contributed by atoms with Crippen molar-refractivity contribution in [1.29, 1.82) is 0 Å². The summed E-state index contributed by atoms with van der Waals surface area (Å²) in [5.74, 6) is 1.03. The highest BCUT2D eigenvalue weighted by atomic mass is 16.5. The normalized spacial score (nSPS) is 15.1. The van der Waals surface area contributed by atoms with Crippen LogP contribution >= 0.6 is 0 Å². The minimum absolute atomic E-state index is 0.179. The molecule has 0 saturated heterocycles. The van der Waals surface area contributed by atoms with Crippen LogP contribution in [0.1, 0.15) is 16.7 Å². The first-order valence-electron chi connectivity index (χ1n) is 8.92. The number of anilines is 1. The van der Waals surface area contributed by atoms with E-state index in [1.54, 1.807) is 30.5 Å². The second-order valence-electron chi connectivity index (χ2n) is 6.42. The zero-order valence-electron chi connectivity index (χ0n) is 15.7. The second-order valence-corrected chi connectivity index (χ2v) is 6.42. The first-order chi connectivity index (χ1) is 13.7. The molecule has 1 aliphatic heterocycles. The lowest BCUT2D eigenvalue weighted by molar-refractivity contribution is -0.113. The predicted octanol–water partition coefficient (Wildman–Crippen LogP) is 4.23. The van der Waals surface area contributed by atoms with Gasteiger partial charge in [-0.3, -0.25) is 14.7 Å². The number of aryl methyl sites for hydroxylation is 1. The third kappa shape index (κ3) is 3.30. The molecule has 0 spiro atoms. The predicted molar refractivity (Wildman–Crippen MR) is 110 cm³/mol. The molecular weight excluding hydrogens is 350 g/mol. The number of ether oxygens (including phenoxy) is 1. The fourth-order valence-corrected chi connectivity index (χ4v) is 3.08. The van der Waals surface area contributed by atoms with Gasteiger partial charge >= 0.3 is 0 Å². The number of amides is 1. The molecule has 2 aromatic carbocycles. The Morgan fingerprint density at radius 1 is 0.964 bits per heavy atom. The summed E-state index contributed by atoms with van der Waals surface area (Å²) in [5.41, 5.74) is 3.88. The van der Waals surface area contributed by atoms with E-state index in [9.17, 15) is 4.79 Å². The number of carbonyl (C=O) groups excluding carboxylic acids is 1. The molecule has 0 bridgehead atoms. The summed E-state index contributed by atoms with van der Waals surface area (Å²) < 4.78 is 5.50. The van der Waals surface area contributed by atoms with E-state index >= 15 is 0 Å². The molecule has 0 radical (unpaired) electrons. The highest BCUT2D eigenvalue weighted by Crippen LogP contribution is 2.31. The molecule has 0 unspecified atom stereocenters. The molecule has 1 aromatic heterocycles. The molecule has 1 aliphatic rings. The molecule has 0 atom stereocenters. The van der Waals surface area contributed by atoms with E-state index in [4.69, 9.17) is 4.74 Å². The summed E-state index contributed by atoms with van der Waals surface area (Å²) in [5, 5.41) is 0. The van der Waals surface area contributed by atoms with Crippen molar-refractivity contribution in [1.82, 2.24) is 4.98 Å². The zero-order valence-corrected chi connectivity index (χ0v) is 15.7. The molecule has 3 aromatic rings. The number of nitrogens with zero attached hydrogens (tertiary/aromatic N) is 3. The summed E-state index contributed by atoms with van der Waals surface area (Å²) in [6.07, 6.45) is 5.15. The topological polar surface area (TPSA) is 54.8 Å². The monoisotopic (exact) mass is 369 g/mol. The van der Waals surface area contributed by atoms with Crippen molar-refractivity contribution in [3.8, 4) is 5.75 Å². The van der Waals surface area contributed by atoms with E-state index in [2.05, 4.69) is 9.98 Å². The Kier molecular flexibility index (Phi) is 4.72. The quantitative estimate of drug-likeness (QED) is 0.647. The van der Waals surface area contributed by atoms with Gasteiger partial charge in [-0.1, -0.05) is 29.8 Å². The van der Waals surface area contributed by atoms with Crippen molar-refractivity contribution >= 4 is 23.5 Å². The van der Waals surface area contributed by atoms with E-state index < -0.39 is 0 Å². The van der Waals surface area contributed by atoms with Crippen LogP contribution in [-0.4, -0.2) is 23.8 Å².